The van der Waals surface area contributed by atoms with Gasteiger partial charge in [-0.25, -0.2) is 9.78 Å². The zero-order valence-corrected chi connectivity index (χ0v) is 27.1. The number of fused-ring (bicyclic) bond motifs is 1. The highest BCUT2D eigenvalue weighted by atomic mass is 19.4. The van der Waals surface area contributed by atoms with E-state index in [1.807, 2.05) is 19.1 Å². The number of rotatable bonds is 10. The van der Waals surface area contributed by atoms with Gasteiger partial charge >= 0.3 is 12.2 Å². The van der Waals surface area contributed by atoms with Crippen molar-refractivity contribution in [1.82, 2.24) is 14.5 Å². The Morgan fingerprint density at radius 2 is 1.56 bits per heavy atom. The van der Waals surface area contributed by atoms with Gasteiger partial charge in [-0.15, -0.1) is 0 Å². The molecule has 0 bridgehead atoms. The molecule has 9 nitrogen and oxygen atoms in total. The average Bonchev–Trinajstić information content (AvgIpc) is 3.07. The SMILES string of the molecule is COc1ccc(CCN(C(=O)Nc2ccccc2C(F)(F)F)C(C)c2nc3ccccc3c(=O)n2-c2cc(C)ccc2OC)cc1OC. The van der Waals surface area contributed by atoms with Gasteiger partial charge < -0.3 is 24.4 Å². The van der Waals surface area contributed by atoms with Gasteiger partial charge in [0.2, 0.25) is 0 Å². The van der Waals surface area contributed by atoms with E-state index in [1.54, 1.807) is 55.5 Å². The number of hydrogen-bond acceptors (Lipinski definition) is 6. The fourth-order valence-corrected chi connectivity index (χ4v) is 5.56. The monoisotopic (exact) mass is 660 g/mol. The van der Waals surface area contributed by atoms with E-state index in [4.69, 9.17) is 19.2 Å². The molecule has 2 amide bonds. The first-order valence-electron chi connectivity index (χ1n) is 15.1. The van der Waals surface area contributed by atoms with Crippen molar-refractivity contribution >= 4 is 22.6 Å². The molecule has 1 N–H and O–H groups in total. The molecule has 12 heteroatoms. The summed E-state index contributed by atoms with van der Waals surface area (Å²) in [4.78, 5) is 34.5. The zero-order valence-electron chi connectivity index (χ0n) is 27.1. The number of anilines is 1. The standard InChI is InChI=1S/C36H35F3N4O5/c1-22-14-16-30(46-3)29(20-22)43-33(40-27-12-8-6-10-25(27)34(43)44)23(2)42(19-18-24-15-17-31(47-4)32(21-24)48-5)35(45)41-28-13-9-7-11-26(28)36(37,38)39/h6-17,20-21,23H,18-19H2,1-5H3,(H,41,45). The van der Waals surface area contributed by atoms with Gasteiger partial charge in [-0.2, -0.15) is 13.2 Å². The van der Waals surface area contributed by atoms with Crippen molar-refractivity contribution in [3.05, 3.63) is 118 Å². The molecule has 0 fully saturated rings. The Kier molecular flexibility index (Phi) is 9.92. The van der Waals surface area contributed by atoms with E-state index in [1.165, 1.54) is 49.0 Å². The van der Waals surface area contributed by atoms with E-state index in [0.29, 0.717) is 33.8 Å². The smallest absolute Gasteiger partial charge is 0.418 e. The van der Waals surface area contributed by atoms with Crippen LogP contribution in [0.2, 0.25) is 0 Å². The molecule has 48 heavy (non-hydrogen) atoms. The fourth-order valence-electron chi connectivity index (χ4n) is 5.56. The van der Waals surface area contributed by atoms with E-state index < -0.39 is 35.1 Å². The first kappa shape index (κ1) is 33.8. The number of para-hydroxylation sites is 2. The maximum Gasteiger partial charge on any atom is 0.418 e. The third kappa shape index (κ3) is 6.92. The minimum absolute atomic E-state index is 0.0321. The number of nitrogens with one attached hydrogen (secondary N) is 1. The number of hydrogen-bond donors (Lipinski definition) is 1. The quantitative estimate of drug-likeness (QED) is 0.166. The van der Waals surface area contributed by atoms with Crippen LogP contribution >= 0.6 is 0 Å². The van der Waals surface area contributed by atoms with Crippen molar-refractivity contribution < 1.29 is 32.2 Å². The predicted octanol–water partition coefficient (Wildman–Crippen LogP) is 7.58. The van der Waals surface area contributed by atoms with Gasteiger partial charge in [-0.3, -0.25) is 9.36 Å². The Bertz CT molecular complexity index is 2010. The molecule has 0 saturated heterocycles. The Hall–Kier alpha value is -5.52. The molecular weight excluding hydrogens is 625 g/mol. The summed E-state index contributed by atoms with van der Waals surface area (Å²) >= 11 is 0. The van der Waals surface area contributed by atoms with Crippen LogP contribution in [-0.4, -0.2) is 48.4 Å². The lowest BCUT2D eigenvalue weighted by Gasteiger charge is -2.31. The van der Waals surface area contributed by atoms with Crippen molar-refractivity contribution in [3.8, 4) is 22.9 Å². The van der Waals surface area contributed by atoms with E-state index in [2.05, 4.69) is 5.32 Å². The summed E-state index contributed by atoms with van der Waals surface area (Å²) in [5, 5.41) is 2.81. The molecule has 1 aromatic heterocycles. The first-order chi connectivity index (χ1) is 23.0. The number of carbonyl (C=O) groups excluding carboxylic acids is 1. The van der Waals surface area contributed by atoms with Crippen LogP contribution in [0.5, 0.6) is 17.2 Å². The molecule has 0 saturated carbocycles. The van der Waals surface area contributed by atoms with Crippen LogP contribution in [-0.2, 0) is 12.6 Å². The number of carbonyl (C=O) groups is 1. The molecule has 1 unspecified atom stereocenters. The lowest BCUT2D eigenvalue weighted by atomic mass is 10.1. The molecular formula is C36H35F3N4O5. The van der Waals surface area contributed by atoms with Gasteiger partial charge in [0.15, 0.2) is 11.5 Å². The highest BCUT2D eigenvalue weighted by Crippen LogP contribution is 2.36. The molecule has 5 aromatic rings. The molecule has 0 radical (unpaired) electrons. The molecule has 0 aliphatic rings. The van der Waals surface area contributed by atoms with Crippen molar-refractivity contribution in [1.29, 1.82) is 0 Å². The Balaban J connectivity index is 1.65. The van der Waals surface area contributed by atoms with Gasteiger partial charge in [0, 0.05) is 6.54 Å². The molecule has 1 atom stereocenters. The third-order valence-corrected chi connectivity index (χ3v) is 8.04. The molecule has 0 aliphatic heterocycles. The van der Waals surface area contributed by atoms with Gasteiger partial charge in [0.1, 0.15) is 11.6 Å². The summed E-state index contributed by atoms with van der Waals surface area (Å²) in [5.74, 6) is 1.59. The zero-order chi connectivity index (χ0) is 34.6. The summed E-state index contributed by atoms with van der Waals surface area (Å²) in [7, 11) is 4.51. The van der Waals surface area contributed by atoms with E-state index >= 15 is 0 Å². The summed E-state index contributed by atoms with van der Waals surface area (Å²) in [6.45, 7) is 3.58. The highest BCUT2D eigenvalue weighted by molar-refractivity contribution is 5.90. The van der Waals surface area contributed by atoms with Gasteiger partial charge in [-0.05, 0) is 79.9 Å². The second kappa shape index (κ2) is 14.1. The van der Waals surface area contributed by atoms with Crippen LogP contribution < -0.4 is 25.1 Å². The Morgan fingerprint density at radius 3 is 2.27 bits per heavy atom. The second-order valence-electron chi connectivity index (χ2n) is 11.1. The highest BCUT2D eigenvalue weighted by Gasteiger charge is 2.35. The lowest BCUT2D eigenvalue weighted by molar-refractivity contribution is -0.136. The van der Waals surface area contributed by atoms with Gasteiger partial charge in [0.05, 0.1) is 55.2 Å². The van der Waals surface area contributed by atoms with Crippen molar-refractivity contribution in [3.63, 3.8) is 0 Å². The second-order valence-corrected chi connectivity index (χ2v) is 11.1. The van der Waals surface area contributed by atoms with Crippen LogP contribution in [0.25, 0.3) is 16.6 Å². The third-order valence-electron chi connectivity index (χ3n) is 8.04. The summed E-state index contributed by atoms with van der Waals surface area (Å²) in [5.41, 5.74) is 0.640. The largest absolute Gasteiger partial charge is 0.495 e. The van der Waals surface area contributed by atoms with Crippen LogP contribution in [0.4, 0.5) is 23.7 Å². The minimum atomic E-state index is -4.71. The molecule has 250 valence electrons. The number of methoxy groups -OCH3 is 3. The maximum atomic E-state index is 14.2. The number of benzene rings is 4. The van der Waals surface area contributed by atoms with E-state index in [0.717, 1.165) is 17.2 Å². The Morgan fingerprint density at radius 1 is 0.896 bits per heavy atom. The first-order valence-corrected chi connectivity index (χ1v) is 15.1. The fraction of sp³-hybridized carbons (Fsp3) is 0.250. The molecule has 1 heterocycles. The average molecular weight is 661 g/mol. The van der Waals surface area contributed by atoms with Crippen LogP contribution in [0.1, 0.15) is 35.5 Å². The number of nitrogens with zero attached hydrogens (tertiary/aromatic N) is 3. The maximum absolute atomic E-state index is 14.2. The van der Waals surface area contributed by atoms with Crippen LogP contribution in [0.3, 0.4) is 0 Å². The Labute approximate surface area is 275 Å². The number of urea groups is 1. The van der Waals surface area contributed by atoms with E-state index in [-0.39, 0.29) is 18.8 Å². The molecule has 4 aromatic carbocycles. The normalized spacial score (nSPS) is 12.0. The number of aryl methyl sites for hydroxylation is 1. The van der Waals surface area contributed by atoms with Gasteiger partial charge in [0.25, 0.3) is 5.56 Å². The van der Waals surface area contributed by atoms with Gasteiger partial charge in [-0.1, -0.05) is 36.4 Å². The van der Waals surface area contributed by atoms with Crippen molar-refractivity contribution in [2.75, 3.05) is 33.2 Å². The van der Waals surface area contributed by atoms with Crippen molar-refractivity contribution in [2.45, 2.75) is 32.5 Å². The lowest BCUT2D eigenvalue weighted by Crippen LogP contribution is -2.41. The number of ether oxygens (including phenoxy) is 3. The number of aromatic nitrogens is 2. The molecule has 0 aliphatic carbocycles. The topological polar surface area (TPSA) is 94.9 Å². The molecule has 5 rings (SSSR count). The number of alkyl halides is 3. The van der Waals surface area contributed by atoms with Crippen molar-refractivity contribution in [2.24, 2.45) is 0 Å². The summed E-state index contributed by atoms with van der Waals surface area (Å²) < 4.78 is 59.6. The predicted molar refractivity (Wildman–Crippen MR) is 177 cm³/mol. The summed E-state index contributed by atoms with van der Waals surface area (Å²) in [6.07, 6.45) is -4.42. The van der Waals surface area contributed by atoms with E-state index in [9.17, 15) is 22.8 Å². The number of halogens is 3. The summed E-state index contributed by atoms with van der Waals surface area (Å²) in [6, 6.07) is 20.5. The van der Waals surface area contributed by atoms with Crippen LogP contribution in [0.15, 0.2) is 89.7 Å². The van der Waals surface area contributed by atoms with Crippen LogP contribution in [0, 0.1) is 6.92 Å². The number of amides is 2. The molecule has 0 spiro atoms. The minimum Gasteiger partial charge on any atom is -0.495 e.